The molecule has 1 heterocycles. The van der Waals surface area contributed by atoms with E-state index >= 15 is 0 Å². The van der Waals surface area contributed by atoms with Gasteiger partial charge in [-0.15, -0.1) is 0 Å². The summed E-state index contributed by atoms with van der Waals surface area (Å²) < 4.78 is 0. The summed E-state index contributed by atoms with van der Waals surface area (Å²) in [5.41, 5.74) is -0.927. The Morgan fingerprint density at radius 1 is 1.30 bits per heavy atom. The first kappa shape index (κ1) is 16.3. The van der Waals surface area contributed by atoms with Crippen LogP contribution in [0.5, 0.6) is 0 Å². The molecule has 2 unspecified atom stereocenters. The SMILES string of the molecule is CC(NC(=O)N1CCN(C)C(=O)C1(C)C)C(C)C(=O)O. The smallest absolute Gasteiger partial charge is 0.318 e. The Morgan fingerprint density at radius 2 is 1.85 bits per heavy atom. The van der Waals surface area contributed by atoms with Gasteiger partial charge in [0.1, 0.15) is 5.54 Å². The number of hydrogen-bond acceptors (Lipinski definition) is 3. The van der Waals surface area contributed by atoms with Crippen molar-refractivity contribution in [3.8, 4) is 0 Å². The highest BCUT2D eigenvalue weighted by atomic mass is 16.4. The van der Waals surface area contributed by atoms with Crippen molar-refractivity contribution in [3.63, 3.8) is 0 Å². The summed E-state index contributed by atoms with van der Waals surface area (Å²) in [6.07, 6.45) is 0. The van der Waals surface area contributed by atoms with E-state index in [1.54, 1.807) is 32.7 Å². The summed E-state index contributed by atoms with van der Waals surface area (Å²) in [5.74, 6) is -1.78. The van der Waals surface area contributed by atoms with E-state index in [-0.39, 0.29) is 5.91 Å². The fourth-order valence-corrected chi connectivity index (χ4v) is 2.18. The lowest BCUT2D eigenvalue weighted by molar-refractivity contribution is -0.145. The average molecular weight is 285 g/mol. The quantitative estimate of drug-likeness (QED) is 0.783. The number of nitrogens with zero attached hydrogens (tertiary/aromatic N) is 2. The van der Waals surface area contributed by atoms with Gasteiger partial charge in [-0.2, -0.15) is 0 Å². The Morgan fingerprint density at radius 3 is 2.35 bits per heavy atom. The van der Waals surface area contributed by atoms with Crippen LogP contribution in [0.3, 0.4) is 0 Å². The topological polar surface area (TPSA) is 90.0 Å². The van der Waals surface area contributed by atoms with Crippen LogP contribution >= 0.6 is 0 Å². The summed E-state index contributed by atoms with van der Waals surface area (Å²) >= 11 is 0. The monoisotopic (exact) mass is 285 g/mol. The Hall–Kier alpha value is -1.79. The average Bonchev–Trinajstić information content (AvgIpc) is 2.34. The molecule has 0 radical (unpaired) electrons. The molecule has 0 aromatic carbocycles. The lowest BCUT2D eigenvalue weighted by Gasteiger charge is -2.45. The first-order valence-corrected chi connectivity index (χ1v) is 6.65. The minimum absolute atomic E-state index is 0.127. The molecular formula is C13H23N3O4. The maximum absolute atomic E-state index is 12.3. The zero-order valence-corrected chi connectivity index (χ0v) is 12.6. The molecule has 20 heavy (non-hydrogen) atoms. The Balaban J connectivity index is 2.77. The molecule has 1 rings (SSSR count). The third kappa shape index (κ3) is 3.02. The number of rotatable bonds is 3. The number of carboxylic acid groups (broad SMARTS) is 1. The van der Waals surface area contributed by atoms with E-state index in [9.17, 15) is 14.4 Å². The van der Waals surface area contributed by atoms with Crippen molar-refractivity contribution in [2.45, 2.75) is 39.3 Å². The fourth-order valence-electron chi connectivity index (χ4n) is 2.18. The molecule has 7 nitrogen and oxygen atoms in total. The molecule has 1 aliphatic rings. The minimum atomic E-state index is -0.966. The van der Waals surface area contributed by atoms with Crippen LogP contribution < -0.4 is 5.32 Å². The van der Waals surface area contributed by atoms with Crippen LogP contribution in [0.15, 0.2) is 0 Å². The van der Waals surface area contributed by atoms with E-state index in [4.69, 9.17) is 5.11 Å². The number of nitrogens with one attached hydrogen (secondary N) is 1. The Labute approximate surface area is 118 Å². The molecule has 0 spiro atoms. The zero-order valence-electron chi connectivity index (χ0n) is 12.6. The van der Waals surface area contributed by atoms with Crippen LogP contribution in [0.1, 0.15) is 27.7 Å². The maximum Gasteiger partial charge on any atom is 0.318 e. The Bertz CT molecular complexity index is 422. The lowest BCUT2D eigenvalue weighted by Crippen LogP contribution is -2.66. The summed E-state index contributed by atoms with van der Waals surface area (Å²) in [4.78, 5) is 38.3. The number of amides is 3. The summed E-state index contributed by atoms with van der Waals surface area (Å²) in [6, 6.07) is -0.914. The number of carboxylic acids is 1. The van der Waals surface area contributed by atoms with Gasteiger partial charge in [0, 0.05) is 26.2 Å². The van der Waals surface area contributed by atoms with Gasteiger partial charge >= 0.3 is 12.0 Å². The number of carbonyl (C=O) groups excluding carboxylic acids is 2. The molecule has 1 aliphatic heterocycles. The van der Waals surface area contributed by atoms with Gasteiger partial charge in [-0.3, -0.25) is 9.59 Å². The molecule has 2 atom stereocenters. The fraction of sp³-hybridized carbons (Fsp3) is 0.769. The van der Waals surface area contributed by atoms with Crippen molar-refractivity contribution in [1.29, 1.82) is 0 Å². The van der Waals surface area contributed by atoms with Gasteiger partial charge in [0.15, 0.2) is 0 Å². The first-order chi connectivity index (χ1) is 9.09. The number of urea groups is 1. The molecule has 0 aromatic rings. The third-order valence-electron chi connectivity index (χ3n) is 3.94. The summed E-state index contributed by atoms with van der Waals surface area (Å²) in [7, 11) is 1.70. The van der Waals surface area contributed by atoms with E-state index in [0.29, 0.717) is 13.1 Å². The second-order valence-electron chi connectivity index (χ2n) is 5.80. The Kier molecular flexibility index (Phi) is 4.62. The van der Waals surface area contributed by atoms with Gasteiger partial charge in [-0.25, -0.2) is 4.79 Å². The zero-order chi connectivity index (χ0) is 15.7. The summed E-state index contributed by atoms with van der Waals surface area (Å²) in [6.45, 7) is 7.45. The van der Waals surface area contributed by atoms with Crippen molar-refractivity contribution in [2.75, 3.05) is 20.1 Å². The van der Waals surface area contributed by atoms with Crippen LogP contribution in [0.4, 0.5) is 4.79 Å². The van der Waals surface area contributed by atoms with E-state index in [2.05, 4.69) is 5.32 Å². The predicted molar refractivity (Wildman–Crippen MR) is 73.2 cm³/mol. The van der Waals surface area contributed by atoms with Gasteiger partial charge in [0.05, 0.1) is 5.92 Å². The van der Waals surface area contributed by atoms with Crippen LogP contribution in [0.25, 0.3) is 0 Å². The van der Waals surface area contributed by atoms with Gasteiger partial charge in [-0.1, -0.05) is 0 Å². The number of likely N-dealkylation sites (N-methyl/N-ethyl adjacent to an activating group) is 1. The van der Waals surface area contributed by atoms with Crippen molar-refractivity contribution < 1.29 is 19.5 Å². The van der Waals surface area contributed by atoms with Crippen LogP contribution in [-0.4, -0.2) is 64.5 Å². The van der Waals surface area contributed by atoms with Crippen molar-refractivity contribution in [3.05, 3.63) is 0 Å². The maximum atomic E-state index is 12.3. The number of carbonyl (C=O) groups is 3. The molecule has 114 valence electrons. The van der Waals surface area contributed by atoms with Crippen LogP contribution in [0.2, 0.25) is 0 Å². The highest BCUT2D eigenvalue weighted by Gasteiger charge is 2.43. The second-order valence-corrected chi connectivity index (χ2v) is 5.80. The first-order valence-electron chi connectivity index (χ1n) is 6.65. The molecule has 7 heteroatoms. The minimum Gasteiger partial charge on any atom is -0.481 e. The van der Waals surface area contributed by atoms with E-state index in [1.165, 1.54) is 11.8 Å². The number of hydrogen-bond donors (Lipinski definition) is 2. The third-order valence-corrected chi connectivity index (χ3v) is 3.94. The molecule has 1 fully saturated rings. The van der Waals surface area contributed by atoms with Gasteiger partial charge in [0.2, 0.25) is 5.91 Å². The van der Waals surface area contributed by atoms with E-state index < -0.39 is 29.5 Å². The number of aliphatic carboxylic acids is 1. The predicted octanol–water partition coefficient (Wildman–Crippen LogP) is 0.358. The van der Waals surface area contributed by atoms with E-state index in [1.807, 2.05) is 0 Å². The van der Waals surface area contributed by atoms with Crippen molar-refractivity contribution in [2.24, 2.45) is 5.92 Å². The molecule has 0 aliphatic carbocycles. The van der Waals surface area contributed by atoms with E-state index in [0.717, 1.165) is 0 Å². The second kappa shape index (κ2) is 5.68. The van der Waals surface area contributed by atoms with Crippen molar-refractivity contribution in [1.82, 2.24) is 15.1 Å². The highest BCUT2D eigenvalue weighted by Crippen LogP contribution is 2.22. The standard InChI is InChI=1S/C13H23N3O4/c1-8(10(17)18)9(2)14-12(20)16-7-6-15(5)11(19)13(16,3)4/h8-9H,6-7H2,1-5H3,(H,14,20)(H,17,18). The lowest BCUT2D eigenvalue weighted by atomic mass is 9.98. The molecule has 0 saturated carbocycles. The largest absolute Gasteiger partial charge is 0.481 e. The van der Waals surface area contributed by atoms with Gasteiger partial charge in [-0.05, 0) is 27.7 Å². The molecule has 3 amide bonds. The van der Waals surface area contributed by atoms with Gasteiger partial charge in [0.25, 0.3) is 0 Å². The van der Waals surface area contributed by atoms with Gasteiger partial charge < -0.3 is 20.2 Å². The normalized spacial score (nSPS) is 21.4. The molecular weight excluding hydrogens is 262 g/mol. The van der Waals surface area contributed by atoms with Crippen LogP contribution in [0, 0.1) is 5.92 Å². The molecule has 0 aromatic heterocycles. The highest BCUT2D eigenvalue weighted by molar-refractivity contribution is 5.91. The van der Waals surface area contributed by atoms with Crippen molar-refractivity contribution >= 4 is 17.9 Å². The summed E-state index contributed by atoms with van der Waals surface area (Å²) in [5, 5.41) is 11.6. The van der Waals surface area contributed by atoms with Crippen LogP contribution in [-0.2, 0) is 9.59 Å². The molecule has 1 saturated heterocycles. The number of piperazine rings is 1. The molecule has 2 N–H and O–H groups in total. The molecule has 0 bridgehead atoms.